The summed E-state index contributed by atoms with van der Waals surface area (Å²) in [6.45, 7) is 19.0. The van der Waals surface area contributed by atoms with Crippen molar-refractivity contribution in [2.24, 2.45) is 0 Å². The molecule has 0 aromatic heterocycles. The number of carbonyl (C=O) groups excluding carboxylic acids is 3. The van der Waals surface area contributed by atoms with Crippen molar-refractivity contribution in [3.63, 3.8) is 0 Å². The third-order valence-electron chi connectivity index (χ3n) is 16.2. The maximum Gasteiger partial charge on any atom is 0.453 e. The molecule has 0 amide bonds. The minimum atomic E-state index is -5.01. The SMILES string of the molecule is CN(CCCc1ccc(OC(CCCCCC(=O)OC(C)(C)C)C(=O)C(F)(F)F)cc1)CC(c1ccc(Cl)cc1)c1ccc(Cl)cc1.COC(O[Si](C)(C)C)(C(CCCCCC(=O)OC(C)(C)C)Oc1ccc(CCCN(C)CC(c2ccc(Cl)cc2)c2ccc(Cl)cc2)cc1)C(F)(F)F. The Hall–Kier alpha value is -5.67. The van der Waals surface area contributed by atoms with Gasteiger partial charge in [0.2, 0.25) is 0 Å². The van der Waals surface area contributed by atoms with Crippen LogP contribution in [0.1, 0.15) is 164 Å². The number of Topliss-reactive ketones (excluding diaryl/α,β-unsaturated/α-hetero) is 1. The molecule has 550 valence electrons. The highest BCUT2D eigenvalue weighted by Gasteiger charge is 2.64. The van der Waals surface area contributed by atoms with Crippen molar-refractivity contribution in [3.05, 3.63) is 199 Å². The second kappa shape index (κ2) is 39.8. The van der Waals surface area contributed by atoms with Crippen LogP contribution in [0.5, 0.6) is 11.5 Å². The van der Waals surface area contributed by atoms with Gasteiger partial charge in [-0.2, -0.15) is 26.3 Å². The van der Waals surface area contributed by atoms with Gasteiger partial charge in [0.1, 0.15) is 22.7 Å². The topological polar surface area (TPSA) is 113 Å². The number of alkyl halides is 6. The van der Waals surface area contributed by atoms with Crippen molar-refractivity contribution < 1.29 is 68.8 Å². The van der Waals surface area contributed by atoms with Gasteiger partial charge >= 0.3 is 24.3 Å². The van der Waals surface area contributed by atoms with Crippen LogP contribution in [0.25, 0.3) is 0 Å². The zero-order valence-corrected chi connectivity index (χ0v) is 63.8. The highest BCUT2D eigenvalue weighted by atomic mass is 35.5. The molecule has 0 fully saturated rings. The number of hydrogen-bond donors (Lipinski definition) is 0. The van der Waals surface area contributed by atoms with Gasteiger partial charge in [0.05, 0.1) is 0 Å². The van der Waals surface area contributed by atoms with Crippen LogP contribution in [0.4, 0.5) is 26.3 Å². The van der Waals surface area contributed by atoms with E-state index in [0.717, 1.165) is 92.4 Å². The average Bonchev–Trinajstić information content (AvgIpc) is 0.781. The number of rotatable bonds is 37. The Morgan fingerprint density at radius 2 is 0.800 bits per heavy atom. The van der Waals surface area contributed by atoms with Gasteiger partial charge < -0.3 is 37.9 Å². The van der Waals surface area contributed by atoms with Crippen LogP contribution < -0.4 is 9.47 Å². The molecule has 22 heteroatoms. The van der Waals surface area contributed by atoms with E-state index in [2.05, 4.69) is 48.2 Å². The molecule has 0 aliphatic rings. The van der Waals surface area contributed by atoms with Gasteiger partial charge in [-0.3, -0.25) is 14.4 Å². The molecule has 0 bridgehead atoms. The van der Waals surface area contributed by atoms with Crippen molar-refractivity contribution in [2.45, 2.75) is 204 Å². The summed E-state index contributed by atoms with van der Waals surface area (Å²) in [5, 5.41) is 2.75. The van der Waals surface area contributed by atoms with Gasteiger partial charge in [-0.25, -0.2) is 0 Å². The van der Waals surface area contributed by atoms with E-state index < -0.39 is 55.7 Å². The van der Waals surface area contributed by atoms with Crippen molar-refractivity contribution in [1.29, 1.82) is 0 Å². The van der Waals surface area contributed by atoms with E-state index in [1.54, 1.807) is 85.4 Å². The Morgan fingerprint density at radius 1 is 0.460 bits per heavy atom. The van der Waals surface area contributed by atoms with Crippen molar-refractivity contribution in [3.8, 4) is 11.5 Å². The number of halogens is 10. The minimum Gasteiger partial charge on any atom is -0.484 e. The summed E-state index contributed by atoms with van der Waals surface area (Å²) in [5.74, 6) is -4.80. The minimum absolute atomic E-state index is 0.00721. The lowest BCUT2D eigenvalue weighted by molar-refractivity contribution is -0.374. The Bertz CT molecular complexity index is 3310. The van der Waals surface area contributed by atoms with E-state index in [-0.39, 0.29) is 55.2 Å². The first-order valence-corrected chi connectivity index (χ1v) is 39.0. The molecular formula is C78H100Cl4F6N2O9Si. The number of carbonyl (C=O) groups is 3. The lowest BCUT2D eigenvalue weighted by Crippen LogP contribution is -2.63. The van der Waals surface area contributed by atoms with Gasteiger partial charge in [-0.1, -0.05) is 132 Å². The number of methoxy groups -OCH3 is 1. The molecular weight excluding hydrogens is 1390 g/mol. The summed E-state index contributed by atoms with van der Waals surface area (Å²) in [6, 6.07) is 45.6. The van der Waals surface area contributed by atoms with Crippen molar-refractivity contribution >= 4 is 72.4 Å². The van der Waals surface area contributed by atoms with Gasteiger partial charge in [0, 0.05) is 65.0 Å². The molecule has 0 spiro atoms. The Balaban J connectivity index is 0.000000363. The molecule has 3 atom stereocenters. The summed E-state index contributed by atoms with van der Waals surface area (Å²) in [7, 11) is 2.40. The third-order valence-corrected chi connectivity index (χ3v) is 18.1. The van der Waals surface area contributed by atoms with Crippen LogP contribution in [0.2, 0.25) is 39.7 Å². The smallest absolute Gasteiger partial charge is 0.453 e. The highest BCUT2D eigenvalue weighted by molar-refractivity contribution is 6.69. The number of hydrogen-bond acceptors (Lipinski definition) is 11. The van der Waals surface area contributed by atoms with Gasteiger partial charge in [-0.15, -0.1) is 0 Å². The van der Waals surface area contributed by atoms with Gasteiger partial charge in [0.15, 0.2) is 20.5 Å². The largest absolute Gasteiger partial charge is 0.484 e. The average molecular weight is 1490 g/mol. The van der Waals surface area contributed by atoms with Crippen LogP contribution in [0.15, 0.2) is 146 Å². The quantitative estimate of drug-likeness (QED) is 0.0122. The number of likely N-dealkylation sites (N-methyl/N-ethyl adjacent to an activating group) is 2. The fourth-order valence-electron chi connectivity index (χ4n) is 11.4. The summed E-state index contributed by atoms with van der Waals surface area (Å²) >= 11 is 24.6. The Labute approximate surface area is 609 Å². The Kier molecular flexibility index (Phi) is 33.8. The van der Waals surface area contributed by atoms with E-state index >= 15 is 0 Å². The number of nitrogens with zero attached hydrogens (tertiary/aromatic N) is 2. The normalized spacial score (nSPS) is 13.6. The second-order valence-corrected chi connectivity index (χ2v) is 34.5. The maximum atomic E-state index is 14.9. The van der Waals surface area contributed by atoms with E-state index in [1.807, 2.05) is 97.1 Å². The van der Waals surface area contributed by atoms with E-state index in [4.69, 9.17) is 74.5 Å². The predicted molar refractivity (Wildman–Crippen MR) is 392 cm³/mol. The van der Waals surface area contributed by atoms with Crippen molar-refractivity contribution in [2.75, 3.05) is 47.4 Å². The summed E-state index contributed by atoms with van der Waals surface area (Å²) in [4.78, 5) is 40.7. The molecule has 0 aliphatic carbocycles. The van der Waals surface area contributed by atoms with Crippen LogP contribution in [-0.2, 0) is 45.9 Å². The number of ketones is 1. The van der Waals surface area contributed by atoms with Crippen LogP contribution in [-0.4, -0.2) is 125 Å². The van der Waals surface area contributed by atoms with E-state index in [1.165, 1.54) is 0 Å². The van der Waals surface area contributed by atoms with Gasteiger partial charge in [-0.05, 0) is 259 Å². The molecule has 0 N–H and O–H groups in total. The molecule has 6 aromatic carbocycles. The van der Waals surface area contributed by atoms with Gasteiger partial charge in [0.25, 0.3) is 11.6 Å². The summed E-state index contributed by atoms with van der Waals surface area (Å²) < 4.78 is 118. The lowest BCUT2D eigenvalue weighted by Gasteiger charge is -2.43. The first kappa shape index (κ1) is 85.0. The van der Waals surface area contributed by atoms with Crippen LogP contribution in [0, 0.1) is 0 Å². The van der Waals surface area contributed by atoms with Crippen LogP contribution >= 0.6 is 46.4 Å². The molecule has 0 heterocycles. The van der Waals surface area contributed by atoms with Crippen molar-refractivity contribution in [1.82, 2.24) is 9.80 Å². The molecule has 0 aliphatic heterocycles. The second-order valence-electron chi connectivity index (χ2n) is 28.4. The summed E-state index contributed by atoms with van der Waals surface area (Å²) in [6.07, 6.45) is -6.87. The molecule has 6 aromatic rings. The third kappa shape index (κ3) is 30.7. The first-order valence-electron chi connectivity index (χ1n) is 34.1. The molecule has 0 saturated carbocycles. The number of unbranched alkanes of at least 4 members (excludes halogenated alkanes) is 4. The number of benzene rings is 6. The number of ether oxygens (including phenoxy) is 5. The first-order chi connectivity index (χ1) is 46.8. The predicted octanol–water partition coefficient (Wildman–Crippen LogP) is 21.3. The molecule has 0 saturated heterocycles. The molecule has 0 radical (unpaired) electrons. The zero-order chi connectivity index (χ0) is 74.1. The number of esters is 2. The van der Waals surface area contributed by atoms with E-state index in [0.29, 0.717) is 64.4 Å². The molecule has 11 nitrogen and oxygen atoms in total. The van der Waals surface area contributed by atoms with Crippen LogP contribution in [0.3, 0.4) is 0 Å². The number of aryl methyl sites for hydroxylation is 2. The lowest BCUT2D eigenvalue weighted by atomic mass is 9.91. The molecule has 100 heavy (non-hydrogen) atoms. The summed E-state index contributed by atoms with van der Waals surface area (Å²) in [5.41, 5.74) is 5.50. The fourth-order valence-corrected chi connectivity index (χ4v) is 13.2. The fraction of sp³-hybridized carbons (Fsp3) is 0.500. The molecule has 3 unspecified atom stereocenters. The maximum absolute atomic E-state index is 14.9. The zero-order valence-electron chi connectivity index (χ0n) is 59.7. The standard InChI is InChI=1S/C41H56Cl2F3NO5Si.C37H44Cl2F3NO4/c1-39(2,3)51-38(48)15-11-9-10-14-37(40(49-5,41(44,45)46)52-53(6,7)8)50-35-26-16-30(17-27-35)13-12-28-47(4)29-36(31-18-22-33(42)23-19-31)32-20-24-34(43)25-21-32;1-36(2,3)47-34(44)11-7-5-6-10-33(35(45)37(40,41)42)46-31-22-12-26(13-23-31)9-8-24-43(4)25-32(27-14-18-29(38)19-15-27)28-16-20-30(39)21-17-28/h16-27,36-37H,9-15,28-29H2,1-8H3;12-23,32-33H,5-11,24-25H2,1-4H3. The highest BCUT2D eigenvalue weighted by Crippen LogP contribution is 2.43. The van der Waals surface area contributed by atoms with E-state index in [9.17, 15) is 40.7 Å². The Morgan fingerprint density at radius 3 is 1.11 bits per heavy atom. The monoisotopic (exact) mass is 1490 g/mol. The molecule has 6 rings (SSSR count).